The molecule has 1 amide bonds. The fourth-order valence-corrected chi connectivity index (χ4v) is 2.92. The highest BCUT2D eigenvalue weighted by Gasteiger charge is 2.32. The van der Waals surface area contributed by atoms with Gasteiger partial charge < -0.3 is 15.5 Å². The first kappa shape index (κ1) is 17.7. The van der Waals surface area contributed by atoms with E-state index in [0.717, 1.165) is 18.0 Å². The maximum absolute atomic E-state index is 11.5. The Kier molecular flexibility index (Phi) is 5.36. The molecule has 126 valence electrons. The zero-order valence-electron chi connectivity index (χ0n) is 11.7. The van der Waals surface area contributed by atoms with Crippen molar-refractivity contribution in [1.82, 2.24) is 5.32 Å². The van der Waals surface area contributed by atoms with Crippen LogP contribution >= 0.6 is 23.4 Å². The predicted octanol–water partition coefficient (Wildman–Crippen LogP) is 1.35. The number of carboxylic acid groups (broad SMARTS) is 1. The van der Waals surface area contributed by atoms with E-state index in [2.05, 4.69) is 15.5 Å². The Bertz CT molecular complexity index is 781. The number of aromatic hydroxyl groups is 1. The molecule has 10 nitrogen and oxygen atoms in total. The first-order valence-corrected chi connectivity index (χ1v) is 7.51. The number of nitrogens with one attached hydrogen (secondary N) is 1. The van der Waals surface area contributed by atoms with Crippen molar-refractivity contribution in [2.75, 3.05) is 0 Å². The summed E-state index contributed by atoms with van der Waals surface area (Å²) in [5.74, 6) is -2.07. The lowest BCUT2D eigenvalue weighted by molar-refractivity contribution is -0.384. The first-order chi connectivity index (χ1) is 11.3. The number of phenolic OH excluding ortho intramolecular Hbond substituents is 1. The molecule has 1 aliphatic rings. The zero-order valence-corrected chi connectivity index (χ0v) is 13.2. The van der Waals surface area contributed by atoms with Crippen molar-refractivity contribution in [2.45, 2.75) is 11.7 Å². The fraction of sp³-hybridized carbons (Fsp3) is 0.167. The number of phenols is 1. The monoisotopic (exact) mass is 372 g/mol. The van der Waals surface area contributed by atoms with Crippen molar-refractivity contribution in [3.8, 4) is 5.75 Å². The summed E-state index contributed by atoms with van der Waals surface area (Å²) in [6.45, 7) is 0. The van der Waals surface area contributed by atoms with Crippen LogP contribution in [-0.4, -0.2) is 43.6 Å². The molecule has 1 aliphatic heterocycles. The quantitative estimate of drug-likeness (QED) is 0.400. The van der Waals surface area contributed by atoms with Gasteiger partial charge in [-0.1, -0.05) is 23.4 Å². The number of thioether (sulfide) groups is 1. The molecule has 3 N–H and O–H groups in total. The number of benzene rings is 1. The van der Waals surface area contributed by atoms with Gasteiger partial charge in [0.15, 0.2) is 5.17 Å². The molecule has 0 saturated carbocycles. The Labute approximate surface area is 143 Å². The minimum absolute atomic E-state index is 0.0478. The van der Waals surface area contributed by atoms with Gasteiger partial charge in [-0.15, -0.1) is 5.10 Å². The largest absolute Gasteiger partial charge is 0.507 e. The standard InChI is InChI=1S/C12H9ClN4O6S/c13-6-1-2-7(18)5(10(6)17(22)23)4-14-16-12-15-11(21)8(24-12)3-9(19)20/h1-2,4,8,18H,3H2,(H,19,20)(H,15,16,21). The molecule has 1 atom stereocenters. The van der Waals surface area contributed by atoms with Gasteiger partial charge in [0.05, 0.1) is 17.6 Å². The van der Waals surface area contributed by atoms with Crippen LogP contribution in [0.25, 0.3) is 0 Å². The molecule has 1 unspecified atom stereocenters. The molecule has 24 heavy (non-hydrogen) atoms. The highest BCUT2D eigenvalue weighted by molar-refractivity contribution is 8.15. The van der Waals surface area contributed by atoms with Crippen molar-refractivity contribution < 1.29 is 24.7 Å². The van der Waals surface area contributed by atoms with Gasteiger partial charge in [0, 0.05) is 0 Å². The summed E-state index contributed by atoms with van der Waals surface area (Å²) < 4.78 is 0. The lowest BCUT2D eigenvalue weighted by Crippen LogP contribution is -2.26. The molecule has 1 aromatic rings. The van der Waals surface area contributed by atoms with Crippen molar-refractivity contribution >= 4 is 52.3 Å². The van der Waals surface area contributed by atoms with Gasteiger partial charge in [0.25, 0.3) is 5.69 Å². The third kappa shape index (κ3) is 4.00. The second kappa shape index (κ2) is 7.27. The summed E-state index contributed by atoms with van der Waals surface area (Å²) in [5.41, 5.74) is -0.777. The number of amidine groups is 1. The normalized spacial score (nSPS) is 19.0. The number of halogens is 1. The van der Waals surface area contributed by atoms with Crippen LogP contribution in [0.1, 0.15) is 12.0 Å². The molecule has 0 radical (unpaired) electrons. The van der Waals surface area contributed by atoms with Gasteiger partial charge >= 0.3 is 5.97 Å². The van der Waals surface area contributed by atoms with E-state index in [9.17, 15) is 24.8 Å². The Morgan fingerprint density at radius 3 is 2.88 bits per heavy atom. The third-order valence-corrected chi connectivity index (χ3v) is 4.18. The number of rotatable bonds is 5. The molecule has 2 rings (SSSR count). The van der Waals surface area contributed by atoms with Crippen molar-refractivity contribution in [3.05, 3.63) is 32.8 Å². The number of carbonyl (C=O) groups excluding carboxylic acids is 1. The molecule has 12 heteroatoms. The van der Waals surface area contributed by atoms with Crippen LogP contribution < -0.4 is 5.32 Å². The average Bonchev–Trinajstić information content (AvgIpc) is 2.81. The number of nitrogens with zero attached hydrogens (tertiary/aromatic N) is 3. The summed E-state index contributed by atoms with van der Waals surface area (Å²) >= 11 is 6.59. The number of carbonyl (C=O) groups is 2. The van der Waals surface area contributed by atoms with E-state index in [-0.39, 0.29) is 22.2 Å². The molecular formula is C12H9ClN4O6S. The van der Waals surface area contributed by atoms with E-state index < -0.39 is 33.5 Å². The average molecular weight is 373 g/mol. The lowest BCUT2D eigenvalue weighted by Gasteiger charge is -2.01. The van der Waals surface area contributed by atoms with Crippen LogP contribution in [0, 0.1) is 10.1 Å². The van der Waals surface area contributed by atoms with Gasteiger partial charge in [0.1, 0.15) is 21.6 Å². The summed E-state index contributed by atoms with van der Waals surface area (Å²) in [5, 5.41) is 38.0. The number of amides is 1. The fourth-order valence-electron chi connectivity index (χ4n) is 1.77. The summed E-state index contributed by atoms with van der Waals surface area (Å²) in [7, 11) is 0. The number of hydrogen-bond acceptors (Lipinski definition) is 8. The van der Waals surface area contributed by atoms with Crippen molar-refractivity contribution in [3.63, 3.8) is 0 Å². The summed E-state index contributed by atoms with van der Waals surface area (Å²) in [6.07, 6.45) is 0.545. The van der Waals surface area contributed by atoms with Crippen molar-refractivity contribution in [1.29, 1.82) is 0 Å². The van der Waals surface area contributed by atoms with Gasteiger partial charge in [0.2, 0.25) is 5.91 Å². The Morgan fingerprint density at radius 1 is 1.54 bits per heavy atom. The highest BCUT2D eigenvalue weighted by atomic mass is 35.5. The van der Waals surface area contributed by atoms with Crippen molar-refractivity contribution in [2.24, 2.45) is 10.2 Å². The Hall–Kier alpha value is -2.66. The number of nitro benzene ring substituents is 1. The minimum atomic E-state index is -1.13. The van der Waals surface area contributed by atoms with Crippen LogP contribution in [0.4, 0.5) is 5.69 Å². The van der Waals surface area contributed by atoms with E-state index >= 15 is 0 Å². The number of carboxylic acids is 1. The summed E-state index contributed by atoms with van der Waals surface area (Å²) in [6, 6.07) is 2.33. The molecule has 1 heterocycles. The molecule has 0 aromatic heterocycles. The Balaban J connectivity index is 2.21. The van der Waals surface area contributed by atoms with Gasteiger partial charge in [-0.2, -0.15) is 5.10 Å². The number of hydrogen-bond donors (Lipinski definition) is 3. The molecule has 1 aromatic carbocycles. The molecule has 0 spiro atoms. The van der Waals surface area contributed by atoms with E-state index in [1.54, 1.807) is 0 Å². The maximum Gasteiger partial charge on any atom is 0.305 e. The van der Waals surface area contributed by atoms with E-state index in [4.69, 9.17) is 16.7 Å². The van der Waals surface area contributed by atoms with Crippen LogP contribution in [0.5, 0.6) is 5.75 Å². The molecule has 1 fully saturated rings. The van der Waals surface area contributed by atoms with Crippen LogP contribution in [-0.2, 0) is 9.59 Å². The topological polar surface area (TPSA) is 154 Å². The highest BCUT2D eigenvalue weighted by Crippen LogP contribution is 2.33. The maximum atomic E-state index is 11.5. The second-order valence-electron chi connectivity index (χ2n) is 4.43. The summed E-state index contributed by atoms with van der Waals surface area (Å²) in [4.78, 5) is 32.4. The third-order valence-electron chi connectivity index (χ3n) is 2.80. The Morgan fingerprint density at radius 2 is 2.25 bits per heavy atom. The van der Waals surface area contributed by atoms with E-state index in [1.165, 1.54) is 12.1 Å². The van der Waals surface area contributed by atoms with Gasteiger partial charge in [-0.25, -0.2) is 0 Å². The predicted molar refractivity (Wildman–Crippen MR) is 86.6 cm³/mol. The lowest BCUT2D eigenvalue weighted by atomic mass is 10.2. The minimum Gasteiger partial charge on any atom is -0.507 e. The first-order valence-electron chi connectivity index (χ1n) is 6.25. The van der Waals surface area contributed by atoms with Gasteiger partial charge in [-0.05, 0) is 12.1 Å². The smallest absolute Gasteiger partial charge is 0.305 e. The van der Waals surface area contributed by atoms with E-state index in [0.29, 0.717) is 0 Å². The second-order valence-corrected chi connectivity index (χ2v) is 6.03. The van der Waals surface area contributed by atoms with Crippen LogP contribution in [0.3, 0.4) is 0 Å². The zero-order chi connectivity index (χ0) is 17.9. The molecular weight excluding hydrogens is 364 g/mol. The number of nitro groups is 1. The molecule has 1 saturated heterocycles. The van der Waals surface area contributed by atoms with Crippen LogP contribution in [0.15, 0.2) is 22.3 Å². The molecule has 0 aliphatic carbocycles. The van der Waals surface area contributed by atoms with E-state index in [1.807, 2.05) is 0 Å². The van der Waals surface area contributed by atoms with Crippen LogP contribution in [0.2, 0.25) is 5.02 Å². The number of aliphatic carboxylic acids is 1. The molecule has 0 bridgehead atoms. The van der Waals surface area contributed by atoms with Gasteiger partial charge in [-0.3, -0.25) is 19.7 Å². The SMILES string of the molecule is O=C(O)CC1SC(=NN=Cc2c(O)ccc(Cl)c2[N+](=O)[O-])NC1=O.